The Morgan fingerprint density at radius 3 is 1.26 bits per heavy atom. The Hall–Kier alpha value is -4.50. The molecule has 5 heterocycles. The van der Waals surface area contributed by atoms with Crippen molar-refractivity contribution in [1.29, 1.82) is 0 Å². The minimum absolute atomic E-state index is 0.233. The van der Waals surface area contributed by atoms with Crippen LogP contribution in [0, 0.1) is 0 Å². The van der Waals surface area contributed by atoms with Gasteiger partial charge in [0, 0.05) is 40.6 Å². The van der Waals surface area contributed by atoms with E-state index in [4.69, 9.17) is 0 Å². The second kappa shape index (κ2) is 11.1. The summed E-state index contributed by atoms with van der Waals surface area (Å²) in [7, 11) is 0. The second-order valence-electron chi connectivity index (χ2n) is 7.64. The predicted octanol–water partition coefficient (Wildman–Crippen LogP) is 4.97. The molecule has 0 unspecified atom stereocenters. The van der Waals surface area contributed by atoms with Crippen molar-refractivity contribution >= 4 is 58.3 Å². The molecule has 0 atom stereocenters. The summed E-state index contributed by atoms with van der Waals surface area (Å²) >= 11 is 0. The van der Waals surface area contributed by atoms with Crippen LogP contribution >= 0.6 is 0 Å². The van der Waals surface area contributed by atoms with Crippen LogP contribution in [0.25, 0.3) is 46.4 Å². The molecule has 35 heavy (non-hydrogen) atoms. The number of hydrogen-bond acceptors (Lipinski definition) is 7. The molecule has 0 aliphatic carbocycles. The molecule has 3 aromatic heterocycles. The van der Waals surface area contributed by atoms with Crippen molar-refractivity contribution in [3.8, 4) is 0 Å². The monoisotopic (exact) mass is 471 g/mol. The molecule has 0 saturated carbocycles. The van der Waals surface area contributed by atoms with E-state index in [2.05, 4.69) is 53.9 Å². The predicted molar refractivity (Wildman–Crippen MR) is 135 cm³/mol. The number of H-pyrrole nitrogens is 2. The molecule has 2 aliphatic heterocycles. The molecule has 5 rings (SSSR count). The van der Waals surface area contributed by atoms with Crippen LogP contribution in [0.4, 0.5) is 0 Å². The zero-order valence-corrected chi connectivity index (χ0v) is 19.4. The van der Waals surface area contributed by atoms with Crippen LogP contribution in [0.2, 0.25) is 0 Å². The summed E-state index contributed by atoms with van der Waals surface area (Å²) in [4.78, 5) is 45.3. The molecule has 3 aromatic rings. The lowest BCUT2D eigenvalue weighted by atomic mass is 10.3. The van der Waals surface area contributed by atoms with Gasteiger partial charge in [0.05, 0.1) is 22.8 Å². The van der Waals surface area contributed by atoms with Crippen LogP contribution in [-0.4, -0.2) is 31.9 Å². The van der Waals surface area contributed by atoms with Gasteiger partial charge in [0.25, 0.3) is 0 Å². The molecule has 0 saturated heterocycles. The fourth-order valence-electron chi connectivity index (χ4n) is 3.20. The minimum atomic E-state index is -0.478. The summed E-state index contributed by atoms with van der Waals surface area (Å²) in [6.45, 7) is 3.26. The van der Waals surface area contributed by atoms with E-state index in [9.17, 15) is 9.59 Å². The Morgan fingerprint density at radius 2 is 0.971 bits per heavy atom. The molecule has 178 valence electrons. The van der Waals surface area contributed by atoms with Crippen molar-refractivity contribution in [2.75, 3.05) is 0 Å². The number of hydrogen-bond donors (Lipinski definition) is 3. The van der Waals surface area contributed by atoms with Crippen molar-refractivity contribution in [3.63, 3.8) is 0 Å². The first kappa shape index (κ1) is 23.7. The van der Waals surface area contributed by atoms with Crippen LogP contribution in [0.15, 0.2) is 48.5 Å². The fraction of sp³-hybridized carbons (Fsp3) is 0.154. The fourth-order valence-corrected chi connectivity index (χ4v) is 3.20. The molecular formula is C26H25N5O4. The Bertz CT molecular complexity index is 1260. The van der Waals surface area contributed by atoms with Crippen LogP contribution in [0.1, 0.15) is 49.5 Å². The molecule has 9 heteroatoms. The Labute approximate surface area is 201 Å². The van der Waals surface area contributed by atoms with Crippen molar-refractivity contribution in [2.24, 2.45) is 0 Å². The number of fused-ring (bicyclic) bond motifs is 8. The number of nitrogens with zero attached hydrogens (tertiary/aromatic N) is 2. The van der Waals surface area contributed by atoms with Gasteiger partial charge in [-0.3, -0.25) is 9.59 Å². The van der Waals surface area contributed by atoms with Gasteiger partial charge in [-0.05, 0) is 72.8 Å². The molecule has 0 amide bonds. The highest BCUT2D eigenvalue weighted by atomic mass is 16.9. The van der Waals surface area contributed by atoms with Gasteiger partial charge in [-0.2, -0.15) is 0 Å². The molecule has 0 aromatic carbocycles. The lowest BCUT2D eigenvalue weighted by Gasteiger charge is -2.02. The van der Waals surface area contributed by atoms with Crippen molar-refractivity contribution in [2.45, 2.75) is 26.7 Å². The molecule has 0 radical (unpaired) electrons. The van der Waals surface area contributed by atoms with Gasteiger partial charge in [-0.15, -0.1) is 0 Å². The van der Waals surface area contributed by atoms with E-state index in [1.807, 2.05) is 48.6 Å². The smallest absolute Gasteiger partial charge is 0.328 e. The Morgan fingerprint density at radius 1 is 0.657 bits per heavy atom. The third-order valence-electron chi connectivity index (χ3n) is 4.93. The molecule has 9 nitrogen and oxygen atoms in total. The van der Waals surface area contributed by atoms with Crippen molar-refractivity contribution < 1.29 is 19.3 Å². The largest absolute Gasteiger partial charge is 0.355 e. The van der Waals surface area contributed by atoms with Crippen LogP contribution < -0.4 is 5.64 Å². The maximum atomic E-state index is 10.4. The maximum Gasteiger partial charge on any atom is 0.328 e. The average Bonchev–Trinajstić information content (AvgIpc) is 3.65. The summed E-state index contributed by atoms with van der Waals surface area (Å²) in [6, 6.07) is 16.4. The zero-order chi connectivity index (χ0) is 24.6. The summed E-state index contributed by atoms with van der Waals surface area (Å²) in [5, 5.41) is 0. The van der Waals surface area contributed by atoms with Gasteiger partial charge >= 0.3 is 11.9 Å². The topological polar surface area (TPSA) is 122 Å². The number of aromatic amines is 2. The second-order valence-corrected chi connectivity index (χ2v) is 7.64. The van der Waals surface area contributed by atoms with E-state index in [1.54, 1.807) is 19.5 Å². The lowest BCUT2D eigenvalue weighted by Crippen LogP contribution is -2.22. The van der Waals surface area contributed by atoms with E-state index in [0.29, 0.717) is 0 Å². The van der Waals surface area contributed by atoms with E-state index < -0.39 is 11.9 Å². The molecule has 0 spiro atoms. The van der Waals surface area contributed by atoms with Crippen molar-refractivity contribution in [1.82, 2.24) is 25.6 Å². The zero-order valence-electron chi connectivity index (χ0n) is 19.4. The highest BCUT2D eigenvalue weighted by molar-refractivity contribution is 5.77. The summed E-state index contributed by atoms with van der Waals surface area (Å²) in [5.41, 5.74) is 9.65. The highest BCUT2D eigenvalue weighted by Crippen LogP contribution is 2.16. The quantitative estimate of drug-likeness (QED) is 0.316. The van der Waals surface area contributed by atoms with E-state index in [1.165, 1.54) is 0 Å². The van der Waals surface area contributed by atoms with Crippen LogP contribution in [0.3, 0.4) is 0 Å². The van der Waals surface area contributed by atoms with Crippen molar-refractivity contribution in [3.05, 3.63) is 71.3 Å². The third-order valence-corrected chi connectivity index (χ3v) is 4.93. The lowest BCUT2D eigenvalue weighted by molar-refractivity contribution is -0.198. The summed E-state index contributed by atoms with van der Waals surface area (Å²) in [5.74, 6) is -0.956. The van der Waals surface area contributed by atoms with Crippen LogP contribution in [0.5, 0.6) is 0 Å². The first-order valence-electron chi connectivity index (χ1n) is 11.2. The van der Waals surface area contributed by atoms with Gasteiger partial charge in [0.2, 0.25) is 0 Å². The van der Waals surface area contributed by atoms with E-state index in [0.717, 1.165) is 44.8 Å². The van der Waals surface area contributed by atoms with E-state index in [-0.39, 0.29) is 12.8 Å². The molecule has 8 bridgehead atoms. The summed E-state index contributed by atoms with van der Waals surface area (Å²) < 4.78 is 0. The molecule has 0 fully saturated rings. The number of carbonyl (C=O) groups is 2. The normalized spacial score (nSPS) is 11.5. The van der Waals surface area contributed by atoms with E-state index >= 15 is 0 Å². The van der Waals surface area contributed by atoms with Gasteiger partial charge in [0.15, 0.2) is 0 Å². The van der Waals surface area contributed by atoms with Crippen LogP contribution in [-0.2, 0) is 19.3 Å². The van der Waals surface area contributed by atoms with Gasteiger partial charge in [-0.1, -0.05) is 13.8 Å². The number of rotatable bonds is 4. The summed E-state index contributed by atoms with van der Waals surface area (Å²) in [6.07, 6.45) is 8.56. The van der Waals surface area contributed by atoms with Gasteiger partial charge in [0.1, 0.15) is 0 Å². The maximum absolute atomic E-state index is 10.4. The first-order chi connectivity index (χ1) is 17.0. The van der Waals surface area contributed by atoms with Gasteiger partial charge in [-0.25, -0.2) is 9.97 Å². The molecular weight excluding hydrogens is 446 g/mol. The first-order valence-corrected chi connectivity index (χ1v) is 11.2. The standard InChI is InChI=1S/C20H14N4.C6H11NO4/c1-2-14-10-16-5-6-18(23-16)12-20-8-7-19(24-20)11-17-4-3-15(22-17)9-13(1)21-14;1-3-5(8)10-7-11-6(9)4-2/h1-12,21,24H;7H,3-4H2,1-2H3. The Balaban J connectivity index is 0.000000225. The van der Waals surface area contributed by atoms with Gasteiger partial charge < -0.3 is 19.6 Å². The number of aromatic nitrogens is 4. The third kappa shape index (κ3) is 6.75. The highest BCUT2D eigenvalue weighted by Gasteiger charge is 2.02. The molecule has 2 aliphatic rings. The molecule has 3 N–H and O–H groups in total. The average molecular weight is 472 g/mol. The number of nitrogens with one attached hydrogen (secondary N) is 3. The minimum Gasteiger partial charge on any atom is -0.355 e. The number of carbonyl (C=O) groups excluding carboxylic acids is 2. The SMILES string of the molecule is C1=Cc2cc3ccc(cc4nc(cc5ccc(cc1n2)[nH]5)C=C4)[nH]3.CCC(=O)ONOC(=O)CC. The Kier molecular flexibility index (Phi) is 7.49.